The van der Waals surface area contributed by atoms with Gasteiger partial charge in [0.05, 0.1) is 12.2 Å². The van der Waals surface area contributed by atoms with Gasteiger partial charge in [-0.1, -0.05) is 30.3 Å². The van der Waals surface area contributed by atoms with Crippen LogP contribution in [-0.2, 0) is 15.1 Å². The molecule has 0 saturated carbocycles. The third kappa shape index (κ3) is 2.96. The van der Waals surface area contributed by atoms with E-state index in [1.807, 2.05) is 0 Å². The van der Waals surface area contributed by atoms with E-state index in [0.29, 0.717) is 5.56 Å². The van der Waals surface area contributed by atoms with Crippen LogP contribution in [-0.4, -0.2) is 17.7 Å². The van der Waals surface area contributed by atoms with Crippen LogP contribution >= 0.6 is 0 Å². The van der Waals surface area contributed by atoms with E-state index in [-0.39, 0.29) is 12.2 Å². The second-order valence-electron chi connectivity index (χ2n) is 4.10. The first-order valence-electron chi connectivity index (χ1n) is 5.73. The minimum Gasteiger partial charge on any atom is -0.463 e. The molecular formula is C14H17FO3. The van der Waals surface area contributed by atoms with Gasteiger partial charge < -0.3 is 9.84 Å². The molecule has 0 amide bonds. The zero-order valence-corrected chi connectivity index (χ0v) is 10.7. The molecule has 0 heterocycles. The molecule has 0 aliphatic rings. The van der Waals surface area contributed by atoms with E-state index >= 15 is 0 Å². The lowest BCUT2D eigenvalue weighted by atomic mass is 9.92. The van der Waals surface area contributed by atoms with E-state index in [1.54, 1.807) is 37.3 Å². The normalized spacial score (nSPS) is 15.6. The molecule has 3 nitrogen and oxygen atoms in total. The molecule has 0 saturated heterocycles. The number of aliphatic hydroxyl groups is 1. The average Bonchev–Trinajstić information content (AvgIpc) is 2.38. The van der Waals surface area contributed by atoms with Crippen LogP contribution in [0, 0.1) is 0 Å². The van der Waals surface area contributed by atoms with Crippen LogP contribution in [0.4, 0.5) is 4.39 Å². The summed E-state index contributed by atoms with van der Waals surface area (Å²) in [4.78, 5) is 11.4. The summed E-state index contributed by atoms with van der Waals surface area (Å²) >= 11 is 0. The fourth-order valence-corrected chi connectivity index (χ4v) is 1.58. The molecule has 0 spiro atoms. The zero-order valence-electron chi connectivity index (χ0n) is 10.7. The number of benzene rings is 1. The Bertz CT molecular complexity index is 449. The van der Waals surface area contributed by atoms with Gasteiger partial charge in [-0.25, -0.2) is 9.18 Å². The highest BCUT2D eigenvalue weighted by atomic mass is 19.1. The monoisotopic (exact) mass is 252 g/mol. The predicted octanol–water partition coefficient (Wildman–Crippen LogP) is 2.70. The Kier molecular flexibility index (Phi) is 4.62. The second kappa shape index (κ2) is 5.78. The van der Waals surface area contributed by atoms with Crippen LogP contribution in [0.1, 0.15) is 26.3 Å². The molecule has 1 aromatic rings. The molecule has 0 aromatic heterocycles. The van der Waals surface area contributed by atoms with Crippen molar-refractivity contribution in [3.05, 3.63) is 47.3 Å². The van der Waals surface area contributed by atoms with E-state index < -0.39 is 17.4 Å². The lowest BCUT2D eigenvalue weighted by Crippen LogP contribution is -2.24. The van der Waals surface area contributed by atoms with Gasteiger partial charge in [-0.2, -0.15) is 0 Å². The molecule has 0 bridgehead atoms. The number of esters is 1. The molecule has 0 fully saturated rings. The van der Waals surface area contributed by atoms with Crippen molar-refractivity contribution >= 4 is 5.97 Å². The van der Waals surface area contributed by atoms with Crippen LogP contribution < -0.4 is 0 Å². The van der Waals surface area contributed by atoms with Crippen molar-refractivity contribution < 1.29 is 19.0 Å². The van der Waals surface area contributed by atoms with Gasteiger partial charge in [-0.3, -0.25) is 0 Å². The summed E-state index contributed by atoms with van der Waals surface area (Å²) in [6.45, 7) is 4.40. The van der Waals surface area contributed by atoms with E-state index in [0.717, 1.165) is 0 Å². The van der Waals surface area contributed by atoms with Crippen LogP contribution in [0.2, 0.25) is 0 Å². The van der Waals surface area contributed by atoms with E-state index in [4.69, 9.17) is 4.74 Å². The zero-order chi connectivity index (χ0) is 13.8. The van der Waals surface area contributed by atoms with Crippen LogP contribution in [0.3, 0.4) is 0 Å². The van der Waals surface area contributed by atoms with Gasteiger partial charge in [0.25, 0.3) is 0 Å². The Morgan fingerprint density at radius 3 is 2.44 bits per heavy atom. The lowest BCUT2D eigenvalue weighted by Gasteiger charge is -2.23. The van der Waals surface area contributed by atoms with E-state index in [1.165, 1.54) is 13.8 Å². The van der Waals surface area contributed by atoms with Gasteiger partial charge in [0.2, 0.25) is 0 Å². The molecule has 4 heteroatoms. The Morgan fingerprint density at radius 1 is 1.39 bits per heavy atom. The highest BCUT2D eigenvalue weighted by Crippen LogP contribution is 2.32. The Labute approximate surface area is 106 Å². The highest BCUT2D eigenvalue weighted by molar-refractivity contribution is 5.88. The number of hydrogen-bond acceptors (Lipinski definition) is 3. The first kappa shape index (κ1) is 14.4. The number of halogens is 1. The maximum Gasteiger partial charge on any atom is 0.336 e. The molecule has 18 heavy (non-hydrogen) atoms. The number of hydrogen-bond donors (Lipinski definition) is 1. The van der Waals surface area contributed by atoms with Gasteiger partial charge in [0, 0.05) is 0 Å². The molecule has 0 aliphatic carbocycles. The molecule has 1 N–H and O–H groups in total. The molecular weight excluding hydrogens is 235 g/mol. The number of ether oxygens (including phenoxy) is 1. The van der Waals surface area contributed by atoms with Gasteiger partial charge in [0.15, 0.2) is 0 Å². The van der Waals surface area contributed by atoms with E-state index in [2.05, 4.69) is 0 Å². The summed E-state index contributed by atoms with van der Waals surface area (Å²) in [5.74, 6) is -1.65. The largest absolute Gasteiger partial charge is 0.463 e. The molecule has 1 atom stereocenters. The second-order valence-corrected chi connectivity index (χ2v) is 4.10. The van der Waals surface area contributed by atoms with Gasteiger partial charge in [-0.05, 0) is 26.3 Å². The Morgan fingerprint density at radius 2 is 1.94 bits per heavy atom. The number of carbonyl (C=O) groups excluding carboxylic acids is 1. The van der Waals surface area contributed by atoms with Gasteiger partial charge in [0.1, 0.15) is 11.4 Å². The lowest BCUT2D eigenvalue weighted by molar-refractivity contribution is -0.138. The summed E-state index contributed by atoms with van der Waals surface area (Å²) < 4.78 is 18.9. The average molecular weight is 252 g/mol. The quantitative estimate of drug-likeness (QED) is 0.662. The molecule has 1 rings (SSSR count). The molecule has 1 unspecified atom stereocenters. The van der Waals surface area contributed by atoms with Crippen molar-refractivity contribution in [2.24, 2.45) is 0 Å². The standard InChI is InChI=1S/C14H17FO3/c1-4-18-13(16)10(2)12(15)14(3,17)11-8-6-5-7-9-11/h5-9,17H,4H2,1-3H3/b12-10+. The van der Waals surface area contributed by atoms with E-state index in [9.17, 15) is 14.3 Å². The van der Waals surface area contributed by atoms with Crippen molar-refractivity contribution in [2.75, 3.05) is 6.61 Å². The molecule has 0 radical (unpaired) electrons. The minimum atomic E-state index is -1.84. The number of rotatable bonds is 4. The fraction of sp³-hybridized carbons (Fsp3) is 0.357. The van der Waals surface area contributed by atoms with Crippen LogP contribution in [0.15, 0.2) is 41.7 Å². The predicted molar refractivity (Wildman–Crippen MR) is 66.5 cm³/mol. The van der Waals surface area contributed by atoms with Crippen LogP contribution in [0.5, 0.6) is 0 Å². The highest BCUT2D eigenvalue weighted by Gasteiger charge is 2.32. The molecule has 98 valence electrons. The Hall–Kier alpha value is -1.68. The Balaban J connectivity index is 3.12. The summed E-state index contributed by atoms with van der Waals surface area (Å²) in [5, 5.41) is 10.2. The third-order valence-corrected chi connectivity index (χ3v) is 2.67. The summed E-state index contributed by atoms with van der Waals surface area (Å²) in [6, 6.07) is 8.34. The third-order valence-electron chi connectivity index (χ3n) is 2.67. The van der Waals surface area contributed by atoms with Crippen molar-refractivity contribution in [2.45, 2.75) is 26.4 Å². The minimum absolute atomic E-state index is 0.164. The fourth-order valence-electron chi connectivity index (χ4n) is 1.58. The van der Waals surface area contributed by atoms with Crippen molar-refractivity contribution in [3.8, 4) is 0 Å². The van der Waals surface area contributed by atoms with Gasteiger partial charge in [-0.15, -0.1) is 0 Å². The summed E-state index contributed by atoms with van der Waals surface area (Å²) in [6.07, 6.45) is 0. The molecule has 1 aromatic carbocycles. The SMILES string of the molecule is CCOC(=O)/C(C)=C(/F)C(C)(O)c1ccccc1. The maximum atomic E-state index is 14.2. The van der Waals surface area contributed by atoms with Crippen molar-refractivity contribution in [1.29, 1.82) is 0 Å². The van der Waals surface area contributed by atoms with Crippen LogP contribution in [0.25, 0.3) is 0 Å². The van der Waals surface area contributed by atoms with Crippen molar-refractivity contribution in [3.63, 3.8) is 0 Å². The maximum absolute atomic E-state index is 14.2. The molecule has 0 aliphatic heterocycles. The summed E-state index contributed by atoms with van der Waals surface area (Å²) in [5.41, 5.74) is -1.67. The summed E-state index contributed by atoms with van der Waals surface area (Å²) in [7, 11) is 0. The number of carbonyl (C=O) groups is 1. The first-order chi connectivity index (χ1) is 8.41. The first-order valence-corrected chi connectivity index (χ1v) is 5.73. The topological polar surface area (TPSA) is 46.5 Å². The smallest absolute Gasteiger partial charge is 0.336 e. The van der Waals surface area contributed by atoms with Gasteiger partial charge >= 0.3 is 5.97 Å². The van der Waals surface area contributed by atoms with Crippen molar-refractivity contribution in [1.82, 2.24) is 0 Å².